The second-order valence-corrected chi connectivity index (χ2v) is 6.73. The first-order chi connectivity index (χ1) is 12.3. The van der Waals surface area contributed by atoms with Crippen molar-refractivity contribution < 1.29 is 0 Å². The second kappa shape index (κ2) is 7.19. The molecule has 3 heterocycles. The van der Waals surface area contributed by atoms with Crippen molar-refractivity contribution in [2.45, 2.75) is 25.7 Å². The molecule has 0 amide bonds. The number of benzene rings is 1. The lowest BCUT2D eigenvalue weighted by molar-refractivity contribution is 0.324. The SMILES string of the molecule is Cc1nc(NCC(c2ccccc2)C2CCNCC2)cc2nncn12. The summed E-state index contributed by atoms with van der Waals surface area (Å²) in [5.74, 6) is 2.93. The van der Waals surface area contributed by atoms with E-state index in [0.717, 1.165) is 36.9 Å². The van der Waals surface area contributed by atoms with E-state index >= 15 is 0 Å². The summed E-state index contributed by atoms with van der Waals surface area (Å²) in [6.45, 7) is 5.07. The molecular weight excluding hydrogens is 312 g/mol. The first-order valence-electron chi connectivity index (χ1n) is 8.98. The zero-order valence-corrected chi connectivity index (χ0v) is 14.5. The van der Waals surface area contributed by atoms with Crippen LogP contribution in [0.1, 0.15) is 30.1 Å². The third-order valence-corrected chi connectivity index (χ3v) is 5.15. The minimum Gasteiger partial charge on any atom is -0.369 e. The van der Waals surface area contributed by atoms with Crippen LogP contribution < -0.4 is 10.6 Å². The molecule has 1 saturated heterocycles. The lowest BCUT2D eigenvalue weighted by Crippen LogP contribution is -2.33. The Balaban J connectivity index is 1.55. The number of aromatic nitrogens is 4. The van der Waals surface area contributed by atoms with Crippen LogP contribution in [0.15, 0.2) is 42.7 Å². The minimum absolute atomic E-state index is 0.486. The van der Waals surface area contributed by atoms with Crippen LogP contribution in [0.3, 0.4) is 0 Å². The van der Waals surface area contributed by atoms with Crippen molar-refractivity contribution in [3.05, 3.63) is 54.1 Å². The number of piperidine rings is 1. The molecule has 2 aromatic heterocycles. The molecule has 25 heavy (non-hydrogen) atoms. The zero-order valence-electron chi connectivity index (χ0n) is 14.5. The maximum absolute atomic E-state index is 4.64. The third-order valence-electron chi connectivity index (χ3n) is 5.15. The number of aryl methyl sites for hydroxylation is 1. The van der Waals surface area contributed by atoms with Crippen molar-refractivity contribution in [2.24, 2.45) is 5.92 Å². The zero-order chi connectivity index (χ0) is 17.1. The van der Waals surface area contributed by atoms with Gasteiger partial charge in [-0.15, -0.1) is 10.2 Å². The molecule has 0 radical (unpaired) electrons. The van der Waals surface area contributed by atoms with E-state index in [-0.39, 0.29) is 0 Å². The molecule has 0 bridgehead atoms. The van der Waals surface area contributed by atoms with E-state index in [9.17, 15) is 0 Å². The van der Waals surface area contributed by atoms with E-state index in [1.54, 1.807) is 6.33 Å². The fourth-order valence-electron chi connectivity index (χ4n) is 3.78. The van der Waals surface area contributed by atoms with Gasteiger partial charge < -0.3 is 10.6 Å². The van der Waals surface area contributed by atoms with Gasteiger partial charge in [0, 0.05) is 18.5 Å². The Labute approximate surface area is 147 Å². The highest BCUT2D eigenvalue weighted by atomic mass is 15.2. The van der Waals surface area contributed by atoms with Crippen molar-refractivity contribution in [1.29, 1.82) is 0 Å². The van der Waals surface area contributed by atoms with Crippen molar-refractivity contribution in [3.63, 3.8) is 0 Å². The van der Waals surface area contributed by atoms with Crippen LogP contribution in [0.2, 0.25) is 0 Å². The van der Waals surface area contributed by atoms with Gasteiger partial charge in [-0.2, -0.15) is 0 Å². The van der Waals surface area contributed by atoms with Gasteiger partial charge in [0.05, 0.1) is 0 Å². The van der Waals surface area contributed by atoms with Gasteiger partial charge in [0.2, 0.25) is 0 Å². The highest BCUT2D eigenvalue weighted by Gasteiger charge is 2.25. The minimum atomic E-state index is 0.486. The predicted molar refractivity (Wildman–Crippen MR) is 98.8 cm³/mol. The normalized spacial score (nSPS) is 16.8. The van der Waals surface area contributed by atoms with Gasteiger partial charge in [-0.3, -0.25) is 4.40 Å². The molecule has 130 valence electrons. The topological polar surface area (TPSA) is 67.1 Å². The number of hydrogen-bond donors (Lipinski definition) is 2. The maximum atomic E-state index is 4.64. The number of fused-ring (bicyclic) bond motifs is 1. The van der Waals surface area contributed by atoms with Crippen molar-refractivity contribution in [2.75, 3.05) is 25.0 Å². The van der Waals surface area contributed by atoms with Crippen LogP contribution in [0.5, 0.6) is 0 Å². The number of rotatable bonds is 5. The molecule has 0 aliphatic carbocycles. The monoisotopic (exact) mass is 336 g/mol. The van der Waals surface area contributed by atoms with Crippen LogP contribution in [-0.4, -0.2) is 39.2 Å². The van der Waals surface area contributed by atoms with Crippen molar-refractivity contribution >= 4 is 11.5 Å². The predicted octanol–water partition coefficient (Wildman–Crippen LogP) is 2.63. The summed E-state index contributed by atoms with van der Waals surface area (Å²) in [6, 6.07) is 12.8. The Morgan fingerprint density at radius 1 is 1.24 bits per heavy atom. The van der Waals surface area contributed by atoms with Gasteiger partial charge >= 0.3 is 0 Å². The Kier molecular flexibility index (Phi) is 4.61. The molecule has 1 aliphatic rings. The largest absolute Gasteiger partial charge is 0.369 e. The summed E-state index contributed by atoms with van der Waals surface area (Å²) in [7, 11) is 0. The number of hydrogen-bond acceptors (Lipinski definition) is 5. The molecular formula is C19H24N6. The van der Waals surface area contributed by atoms with E-state index in [2.05, 4.69) is 56.1 Å². The van der Waals surface area contributed by atoms with Crippen LogP contribution in [0.25, 0.3) is 5.65 Å². The smallest absolute Gasteiger partial charge is 0.165 e. The van der Waals surface area contributed by atoms with E-state index in [1.807, 2.05) is 17.4 Å². The number of nitrogens with one attached hydrogen (secondary N) is 2. The first-order valence-corrected chi connectivity index (χ1v) is 8.98. The van der Waals surface area contributed by atoms with Crippen molar-refractivity contribution in [3.8, 4) is 0 Å². The van der Waals surface area contributed by atoms with Gasteiger partial charge in [-0.25, -0.2) is 4.98 Å². The second-order valence-electron chi connectivity index (χ2n) is 6.73. The Hall–Kier alpha value is -2.47. The van der Waals surface area contributed by atoms with Crippen LogP contribution >= 0.6 is 0 Å². The molecule has 0 spiro atoms. The third kappa shape index (κ3) is 3.49. The molecule has 1 fully saturated rings. The number of anilines is 1. The van der Waals surface area contributed by atoms with Crippen molar-refractivity contribution in [1.82, 2.24) is 24.9 Å². The van der Waals surface area contributed by atoms with E-state index in [1.165, 1.54) is 18.4 Å². The molecule has 1 aromatic carbocycles. The molecule has 1 unspecified atom stereocenters. The molecule has 1 aliphatic heterocycles. The molecule has 4 rings (SSSR count). The first kappa shape index (κ1) is 16.0. The summed E-state index contributed by atoms with van der Waals surface area (Å²) in [6.07, 6.45) is 4.14. The molecule has 0 saturated carbocycles. The lowest BCUT2D eigenvalue weighted by atomic mass is 9.80. The van der Waals surface area contributed by atoms with Gasteiger partial charge in [0.15, 0.2) is 5.65 Å². The van der Waals surface area contributed by atoms with Gasteiger partial charge in [0.25, 0.3) is 0 Å². The molecule has 3 aromatic rings. The highest BCUT2D eigenvalue weighted by Crippen LogP contribution is 2.31. The number of nitrogens with zero attached hydrogens (tertiary/aromatic N) is 4. The average molecular weight is 336 g/mol. The van der Waals surface area contributed by atoms with Crippen LogP contribution in [0, 0.1) is 12.8 Å². The van der Waals surface area contributed by atoms with Gasteiger partial charge in [-0.05, 0) is 44.3 Å². The summed E-state index contributed by atoms with van der Waals surface area (Å²) >= 11 is 0. The highest BCUT2D eigenvalue weighted by molar-refractivity contribution is 5.49. The quantitative estimate of drug-likeness (QED) is 0.750. The Morgan fingerprint density at radius 2 is 2.04 bits per heavy atom. The van der Waals surface area contributed by atoms with E-state index < -0.39 is 0 Å². The fraction of sp³-hybridized carbons (Fsp3) is 0.421. The molecule has 6 nitrogen and oxygen atoms in total. The molecule has 2 N–H and O–H groups in total. The maximum Gasteiger partial charge on any atom is 0.165 e. The lowest BCUT2D eigenvalue weighted by Gasteiger charge is -2.31. The molecule has 6 heteroatoms. The van der Waals surface area contributed by atoms with Crippen LogP contribution in [-0.2, 0) is 0 Å². The summed E-state index contributed by atoms with van der Waals surface area (Å²) < 4.78 is 1.90. The van der Waals surface area contributed by atoms with Gasteiger partial charge in [-0.1, -0.05) is 30.3 Å². The average Bonchev–Trinajstić information content (AvgIpc) is 3.13. The molecule has 1 atom stereocenters. The van der Waals surface area contributed by atoms with Crippen LogP contribution in [0.4, 0.5) is 5.82 Å². The van der Waals surface area contributed by atoms with Gasteiger partial charge in [0.1, 0.15) is 18.0 Å². The Morgan fingerprint density at radius 3 is 2.84 bits per heavy atom. The van der Waals surface area contributed by atoms with E-state index in [0.29, 0.717) is 11.8 Å². The summed E-state index contributed by atoms with van der Waals surface area (Å²) in [5.41, 5.74) is 2.23. The standard InChI is InChI=1S/C19H24N6/c1-14-23-18(11-19-24-22-13-25(14)19)21-12-17(15-5-3-2-4-6-15)16-7-9-20-10-8-16/h2-6,11,13,16-17,20-21H,7-10,12H2,1H3. The summed E-state index contributed by atoms with van der Waals surface area (Å²) in [5, 5.41) is 15.1. The fourth-order valence-corrected chi connectivity index (χ4v) is 3.78. The van der Waals surface area contributed by atoms with E-state index in [4.69, 9.17) is 0 Å². The summed E-state index contributed by atoms with van der Waals surface area (Å²) in [4.78, 5) is 4.64. The Bertz CT molecular complexity index is 822.